The molecular formula is C19H14F3NO3. The molecule has 0 heterocycles. The van der Waals surface area contributed by atoms with Crippen LogP contribution >= 0.6 is 0 Å². The fourth-order valence-corrected chi connectivity index (χ4v) is 2.08. The normalized spacial score (nSPS) is 13.0. The summed E-state index contributed by atoms with van der Waals surface area (Å²) in [6.07, 6.45) is -3.91. The molecule has 7 heteroatoms. The minimum Gasteiger partial charge on any atom is -0.479 e. The highest BCUT2D eigenvalue weighted by Gasteiger charge is 2.30. The Morgan fingerprint density at radius 3 is 2.19 bits per heavy atom. The first-order chi connectivity index (χ1) is 12.2. The van der Waals surface area contributed by atoms with E-state index in [0.29, 0.717) is 16.9 Å². The average molecular weight is 361 g/mol. The zero-order chi connectivity index (χ0) is 19.3. The predicted octanol–water partition coefficient (Wildman–Crippen LogP) is 4.62. The number of benzene rings is 2. The highest BCUT2D eigenvalue weighted by Crippen LogP contribution is 2.30. The van der Waals surface area contributed by atoms with Crippen molar-refractivity contribution in [2.75, 3.05) is 0 Å². The molecule has 1 atom stereocenters. The van der Waals surface area contributed by atoms with Crippen LogP contribution in [-0.2, 0) is 11.0 Å². The van der Waals surface area contributed by atoms with E-state index in [-0.39, 0.29) is 5.57 Å². The van der Waals surface area contributed by atoms with Gasteiger partial charge in [-0.2, -0.15) is 18.4 Å². The molecule has 0 aromatic heterocycles. The number of nitrogens with zero attached hydrogens (tertiary/aromatic N) is 1. The van der Waals surface area contributed by atoms with E-state index in [2.05, 4.69) is 0 Å². The summed E-state index contributed by atoms with van der Waals surface area (Å²) in [5.74, 6) is -0.742. The van der Waals surface area contributed by atoms with E-state index in [0.717, 1.165) is 12.1 Å². The van der Waals surface area contributed by atoms with Crippen molar-refractivity contribution in [3.63, 3.8) is 0 Å². The summed E-state index contributed by atoms with van der Waals surface area (Å²) in [6.45, 7) is 1.40. The molecule has 4 nitrogen and oxygen atoms in total. The van der Waals surface area contributed by atoms with Crippen molar-refractivity contribution in [3.8, 4) is 11.8 Å². The average Bonchev–Trinajstić information content (AvgIpc) is 2.60. The number of halogens is 3. The second-order valence-electron chi connectivity index (χ2n) is 5.41. The van der Waals surface area contributed by atoms with E-state index in [1.807, 2.05) is 6.07 Å². The fraction of sp³-hybridized carbons (Fsp3) is 0.158. The number of allylic oxidation sites excluding steroid dienone is 1. The van der Waals surface area contributed by atoms with Crippen LogP contribution in [-0.4, -0.2) is 17.2 Å². The smallest absolute Gasteiger partial charge is 0.416 e. The Bertz CT molecular complexity index is 848. The van der Waals surface area contributed by atoms with Crippen LogP contribution in [0.15, 0.2) is 48.5 Å². The van der Waals surface area contributed by atoms with Gasteiger partial charge in [0, 0.05) is 0 Å². The van der Waals surface area contributed by atoms with Crippen molar-refractivity contribution in [1.29, 1.82) is 5.26 Å². The predicted molar refractivity (Wildman–Crippen MR) is 89.1 cm³/mol. The maximum atomic E-state index is 12.6. The van der Waals surface area contributed by atoms with Gasteiger partial charge in [-0.3, -0.25) is 0 Å². The van der Waals surface area contributed by atoms with E-state index >= 15 is 0 Å². The fourth-order valence-electron chi connectivity index (χ4n) is 2.08. The molecule has 0 spiro atoms. The molecule has 0 saturated heterocycles. The number of carbonyl (C=O) groups is 1. The van der Waals surface area contributed by atoms with Gasteiger partial charge in [0.25, 0.3) is 0 Å². The minimum atomic E-state index is -4.43. The van der Waals surface area contributed by atoms with Gasteiger partial charge in [-0.25, -0.2) is 4.79 Å². The molecule has 134 valence electrons. The Kier molecular flexibility index (Phi) is 5.68. The number of carboxylic acids is 1. The monoisotopic (exact) mass is 361 g/mol. The van der Waals surface area contributed by atoms with Crippen LogP contribution in [0.25, 0.3) is 11.6 Å². The zero-order valence-electron chi connectivity index (χ0n) is 13.6. The van der Waals surface area contributed by atoms with Crippen LogP contribution < -0.4 is 4.74 Å². The van der Waals surface area contributed by atoms with Crippen molar-refractivity contribution >= 4 is 17.6 Å². The summed E-state index contributed by atoms with van der Waals surface area (Å²) in [4.78, 5) is 10.8. The van der Waals surface area contributed by atoms with E-state index in [9.17, 15) is 23.2 Å². The molecule has 0 fully saturated rings. The summed E-state index contributed by atoms with van der Waals surface area (Å²) in [5.41, 5.74) is 0.399. The van der Waals surface area contributed by atoms with Crippen LogP contribution in [0.1, 0.15) is 23.6 Å². The minimum absolute atomic E-state index is 0.200. The molecule has 0 bridgehead atoms. The van der Waals surface area contributed by atoms with Crippen LogP contribution in [0.5, 0.6) is 5.75 Å². The van der Waals surface area contributed by atoms with Gasteiger partial charge < -0.3 is 9.84 Å². The summed E-state index contributed by atoms with van der Waals surface area (Å²) < 4.78 is 43.0. The molecule has 26 heavy (non-hydrogen) atoms. The molecule has 0 aliphatic carbocycles. The lowest BCUT2D eigenvalue weighted by molar-refractivity contribution is -0.144. The lowest BCUT2D eigenvalue weighted by Crippen LogP contribution is -2.22. The molecule has 0 aliphatic heterocycles. The topological polar surface area (TPSA) is 70.3 Å². The van der Waals surface area contributed by atoms with Gasteiger partial charge in [0.15, 0.2) is 6.10 Å². The Morgan fingerprint density at radius 2 is 1.73 bits per heavy atom. The number of carboxylic acid groups (broad SMARTS) is 1. The first-order valence-electron chi connectivity index (χ1n) is 7.49. The molecule has 0 saturated carbocycles. The third kappa shape index (κ3) is 4.86. The Labute approximate surface area is 147 Å². The van der Waals surface area contributed by atoms with Gasteiger partial charge in [0.05, 0.1) is 17.2 Å². The van der Waals surface area contributed by atoms with E-state index in [4.69, 9.17) is 9.84 Å². The molecule has 0 aliphatic rings. The molecular weight excluding hydrogens is 347 g/mol. The molecule has 2 aromatic carbocycles. The molecule has 0 unspecified atom stereocenters. The molecule has 0 amide bonds. The van der Waals surface area contributed by atoms with Gasteiger partial charge in [-0.15, -0.1) is 0 Å². The van der Waals surface area contributed by atoms with Crippen molar-refractivity contribution in [2.24, 2.45) is 0 Å². The van der Waals surface area contributed by atoms with Crippen molar-refractivity contribution in [1.82, 2.24) is 0 Å². The standard InChI is InChI=1S/C19H14F3NO3/c1-12(18(24)25)26-17-8-2-13(3-9-17)10-15(11-23)14-4-6-16(7-5-14)19(20,21)22/h2-10,12H,1H3,(H,24,25)/b15-10-/t12-/m0/s1. The third-order valence-electron chi connectivity index (χ3n) is 3.50. The highest BCUT2D eigenvalue weighted by atomic mass is 19.4. The van der Waals surface area contributed by atoms with Crippen molar-refractivity contribution < 1.29 is 27.8 Å². The first-order valence-corrected chi connectivity index (χ1v) is 7.49. The highest BCUT2D eigenvalue weighted by molar-refractivity contribution is 5.89. The Morgan fingerprint density at radius 1 is 1.15 bits per heavy atom. The quantitative estimate of drug-likeness (QED) is 0.623. The Hall–Kier alpha value is -3.27. The van der Waals surface area contributed by atoms with E-state index in [1.54, 1.807) is 24.3 Å². The number of nitriles is 1. The summed E-state index contributed by atoms with van der Waals surface area (Å²) in [6, 6.07) is 12.6. The largest absolute Gasteiger partial charge is 0.479 e. The number of hydrogen-bond acceptors (Lipinski definition) is 3. The summed E-state index contributed by atoms with van der Waals surface area (Å²) in [7, 11) is 0. The number of rotatable bonds is 5. The van der Waals surface area contributed by atoms with Crippen LogP contribution in [0.2, 0.25) is 0 Å². The summed E-state index contributed by atoms with van der Waals surface area (Å²) >= 11 is 0. The lowest BCUT2D eigenvalue weighted by Gasteiger charge is -2.10. The molecule has 2 aromatic rings. The third-order valence-corrected chi connectivity index (χ3v) is 3.50. The van der Waals surface area contributed by atoms with Gasteiger partial charge in [-0.05, 0) is 48.4 Å². The van der Waals surface area contributed by atoms with Crippen LogP contribution in [0, 0.1) is 11.3 Å². The SMILES string of the molecule is C[C@H](Oc1ccc(/C=C(/C#N)c2ccc(C(F)(F)F)cc2)cc1)C(=O)O. The zero-order valence-corrected chi connectivity index (χ0v) is 13.6. The van der Waals surface area contributed by atoms with Crippen LogP contribution in [0.4, 0.5) is 13.2 Å². The van der Waals surface area contributed by atoms with Crippen molar-refractivity contribution in [2.45, 2.75) is 19.2 Å². The van der Waals surface area contributed by atoms with E-state index < -0.39 is 23.8 Å². The number of alkyl halides is 3. The Balaban J connectivity index is 2.21. The van der Waals surface area contributed by atoms with Gasteiger partial charge >= 0.3 is 12.1 Å². The number of hydrogen-bond donors (Lipinski definition) is 1. The lowest BCUT2D eigenvalue weighted by atomic mass is 10.0. The van der Waals surface area contributed by atoms with Gasteiger partial charge in [-0.1, -0.05) is 24.3 Å². The molecule has 0 radical (unpaired) electrons. The van der Waals surface area contributed by atoms with Gasteiger partial charge in [0.1, 0.15) is 5.75 Å². The second kappa shape index (κ2) is 7.74. The number of aliphatic carboxylic acids is 1. The maximum Gasteiger partial charge on any atom is 0.416 e. The van der Waals surface area contributed by atoms with Crippen LogP contribution in [0.3, 0.4) is 0 Å². The molecule has 1 N–H and O–H groups in total. The maximum absolute atomic E-state index is 12.6. The first kappa shape index (κ1) is 19.1. The number of ether oxygens (including phenoxy) is 1. The summed E-state index contributed by atoms with van der Waals surface area (Å²) in [5, 5.41) is 18.1. The second-order valence-corrected chi connectivity index (χ2v) is 5.41. The van der Waals surface area contributed by atoms with Gasteiger partial charge in [0.2, 0.25) is 0 Å². The molecule has 2 rings (SSSR count). The van der Waals surface area contributed by atoms with Crippen molar-refractivity contribution in [3.05, 3.63) is 65.2 Å². The van der Waals surface area contributed by atoms with E-state index in [1.165, 1.54) is 25.1 Å².